The van der Waals surface area contributed by atoms with Crippen LogP contribution in [0.5, 0.6) is 0 Å². The zero-order valence-corrected chi connectivity index (χ0v) is 14.2. The van der Waals surface area contributed by atoms with Gasteiger partial charge in [0.25, 0.3) is 0 Å². The van der Waals surface area contributed by atoms with Gasteiger partial charge < -0.3 is 14.4 Å². The van der Waals surface area contributed by atoms with E-state index in [0.717, 1.165) is 5.56 Å². The van der Waals surface area contributed by atoms with E-state index >= 15 is 0 Å². The second kappa shape index (κ2) is 8.63. The molecule has 1 aliphatic heterocycles. The highest BCUT2D eigenvalue weighted by molar-refractivity contribution is 5.76. The fourth-order valence-electron chi connectivity index (χ4n) is 2.64. The molecule has 0 saturated carbocycles. The van der Waals surface area contributed by atoms with Crippen LogP contribution in [0.1, 0.15) is 23.9 Å². The fourth-order valence-corrected chi connectivity index (χ4v) is 2.64. The highest BCUT2D eigenvalue weighted by Gasteiger charge is 2.28. The van der Waals surface area contributed by atoms with Gasteiger partial charge in [0.1, 0.15) is 6.10 Å². The average molecular weight is 346 g/mol. The first-order valence-electron chi connectivity index (χ1n) is 8.31. The summed E-state index contributed by atoms with van der Waals surface area (Å²) in [6.45, 7) is 2.54. The quantitative estimate of drug-likeness (QED) is 0.709. The fraction of sp³-hybridized carbons (Fsp3) is 0.562. The zero-order chi connectivity index (χ0) is 17.5. The Hall–Kier alpha value is -2.39. The molecular formula is C16H22N6O3. The summed E-state index contributed by atoms with van der Waals surface area (Å²) in [7, 11) is 1.62. The van der Waals surface area contributed by atoms with Crippen molar-refractivity contribution >= 4 is 5.91 Å². The zero-order valence-electron chi connectivity index (χ0n) is 14.2. The topological polar surface area (TPSA) is 95.3 Å². The number of aromatic nitrogens is 5. The Morgan fingerprint density at radius 2 is 2.40 bits per heavy atom. The molecule has 9 nitrogen and oxygen atoms in total. The first-order chi connectivity index (χ1) is 12.3. The third kappa shape index (κ3) is 4.80. The summed E-state index contributed by atoms with van der Waals surface area (Å²) in [4.78, 5) is 19.8. The molecule has 0 N–H and O–H groups in total. The number of nitrogens with zero attached hydrogens (tertiary/aromatic N) is 6. The van der Waals surface area contributed by atoms with Gasteiger partial charge in [0.05, 0.1) is 26.3 Å². The van der Waals surface area contributed by atoms with Crippen LogP contribution in [-0.4, -0.2) is 69.4 Å². The van der Waals surface area contributed by atoms with Crippen LogP contribution in [0.3, 0.4) is 0 Å². The number of morpholine rings is 1. The van der Waals surface area contributed by atoms with E-state index in [9.17, 15) is 4.79 Å². The molecule has 0 spiro atoms. The number of carbonyl (C=O) groups is 1. The molecule has 9 heteroatoms. The lowest BCUT2D eigenvalue weighted by atomic mass is 10.1. The average Bonchev–Trinajstić information content (AvgIpc) is 3.14. The SMILES string of the molecule is COCCn1nnc(C2CN(C(=O)CCc3cccnc3)CCO2)n1. The van der Waals surface area contributed by atoms with Crippen molar-refractivity contribution in [3.8, 4) is 0 Å². The second-order valence-corrected chi connectivity index (χ2v) is 5.80. The van der Waals surface area contributed by atoms with E-state index in [1.165, 1.54) is 4.80 Å². The van der Waals surface area contributed by atoms with E-state index in [2.05, 4.69) is 20.4 Å². The molecule has 1 unspecified atom stereocenters. The van der Waals surface area contributed by atoms with Crippen molar-refractivity contribution in [2.75, 3.05) is 33.4 Å². The van der Waals surface area contributed by atoms with Gasteiger partial charge in [0.15, 0.2) is 0 Å². The summed E-state index contributed by atoms with van der Waals surface area (Å²) in [5.74, 6) is 0.602. The number of tetrazole rings is 1. The number of ether oxygens (including phenoxy) is 2. The van der Waals surface area contributed by atoms with Gasteiger partial charge in [0.2, 0.25) is 11.7 Å². The van der Waals surface area contributed by atoms with Crippen LogP contribution in [0.15, 0.2) is 24.5 Å². The molecule has 2 aromatic heterocycles. The summed E-state index contributed by atoms with van der Waals surface area (Å²) in [6, 6.07) is 3.85. The molecule has 25 heavy (non-hydrogen) atoms. The lowest BCUT2D eigenvalue weighted by Crippen LogP contribution is -2.42. The normalized spacial score (nSPS) is 17.6. The first kappa shape index (κ1) is 17.4. The predicted octanol–water partition coefficient (Wildman–Crippen LogP) is 0.247. The maximum absolute atomic E-state index is 12.5. The number of amides is 1. The minimum Gasteiger partial charge on any atom is -0.383 e. The van der Waals surface area contributed by atoms with Crippen molar-refractivity contribution < 1.29 is 14.3 Å². The molecule has 0 aromatic carbocycles. The summed E-state index contributed by atoms with van der Waals surface area (Å²) >= 11 is 0. The molecule has 1 fully saturated rings. The van der Waals surface area contributed by atoms with E-state index < -0.39 is 0 Å². The van der Waals surface area contributed by atoms with Gasteiger partial charge in [-0.05, 0) is 23.3 Å². The Labute approximate surface area is 145 Å². The molecular weight excluding hydrogens is 324 g/mol. The Morgan fingerprint density at radius 3 is 3.20 bits per heavy atom. The third-order valence-corrected chi connectivity index (χ3v) is 4.02. The summed E-state index contributed by atoms with van der Waals surface area (Å²) < 4.78 is 10.7. The van der Waals surface area contributed by atoms with Crippen molar-refractivity contribution in [1.29, 1.82) is 0 Å². The molecule has 3 rings (SSSR count). The second-order valence-electron chi connectivity index (χ2n) is 5.80. The summed E-state index contributed by atoms with van der Waals surface area (Å²) in [6.07, 6.45) is 4.31. The standard InChI is InChI=1S/C16H22N6O3/c1-24-9-8-22-19-16(18-20-22)14-12-21(7-10-25-14)15(23)5-4-13-3-2-6-17-11-13/h2-3,6,11,14H,4-5,7-10,12H2,1H3. The molecule has 2 aromatic rings. The number of pyridine rings is 1. The molecule has 0 aliphatic carbocycles. The number of rotatable bonds is 7. The van der Waals surface area contributed by atoms with Crippen LogP contribution >= 0.6 is 0 Å². The van der Waals surface area contributed by atoms with E-state index in [1.807, 2.05) is 12.1 Å². The lowest BCUT2D eigenvalue weighted by molar-refractivity contribution is -0.139. The van der Waals surface area contributed by atoms with Crippen molar-refractivity contribution in [2.24, 2.45) is 0 Å². The van der Waals surface area contributed by atoms with E-state index in [0.29, 0.717) is 51.5 Å². The largest absolute Gasteiger partial charge is 0.383 e. The van der Waals surface area contributed by atoms with Crippen LogP contribution in [0, 0.1) is 0 Å². The summed E-state index contributed by atoms with van der Waals surface area (Å²) in [5, 5.41) is 12.3. The maximum Gasteiger partial charge on any atom is 0.223 e. The van der Waals surface area contributed by atoms with Crippen LogP contribution in [0.2, 0.25) is 0 Å². The lowest BCUT2D eigenvalue weighted by Gasteiger charge is -2.31. The molecule has 1 aliphatic rings. The number of methoxy groups -OCH3 is 1. The number of hydrogen-bond acceptors (Lipinski definition) is 7. The predicted molar refractivity (Wildman–Crippen MR) is 87.5 cm³/mol. The molecule has 1 saturated heterocycles. The van der Waals surface area contributed by atoms with Crippen LogP contribution in [0.4, 0.5) is 0 Å². The Kier molecular flexibility index (Phi) is 6.02. The van der Waals surface area contributed by atoms with Crippen molar-refractivity contribution in [1.82, 2.24) is 30.1 Å². The monoisotopic (exact) mass is 346 g/mol. The van der Waals surface area contributed by atoms with Crippen LogP contribution in [-0.2, 0) is 27.2 Å². The van der Waals surface area contributed by atoms with Gasteiger partial charge in [-0.2, -0.15) is 4.80 Å². The van der Waals surface area contributed by atoms with Gasteiger partial charge in [-0.3, -0.25) is 9.78 Å². The minimum atomic E-state index is -0.340. The van der Waals surface area contributed by atoms with Gasteiger partial charge in [-0.1, -0.05) is 6.07 Å². The maximum atomic E-state index is 12.5. The van der Waals surface area contributed by atoms with Crippen molar-refractivity contribution in [2.45, 2.75) is 25.5 Å². The van der Waals surface area contributed by atoms with Gasteiger partial charge in [-0.15, -0.1) is 10.2 Å². The van der Waals surface area contributed by atoms with Gasteiger partial charge in [-0.25, -0.2) is 0 Å². The molecule has 0 radical (unpaired) electrons. The van der Waals surface area contributed by atoms with Crippen LogP contribution < -0.4 is 0 Å². The van der Waals surface area contributed by atoms with E-state index in [-0.39, 0.29) is 12.0 Å². The molecule has 134 valence electrons. The molecule has 3 heterocycles. The first-order valence-corrected chi connectivity index (χ1v) is 8.31. The van der Waals surface area contributed by atoms with Crippen LogP contribution in [0.25, 0.3) is 0 Å². The Balaban J connectivity index is 1.53. The van der Waals surface area contributed by atoms with Crippen molar-refractivity contribution in [3.05, 3.63) is 35.9 Å². The smallest absolute Gasteiger partial charge is 0.223 e. The minimum absolute atomic E-state index is 0.101. The highest BCUT2D eigenvalue weighted by atomic mass is 16.5. The third-order valence-electron chi connectivity index (χ3n) is 4.02. The van der Waals surface area contributed by atoms with E-state index in [1.54, 1.807) is 24.4 Å². The number of carbonyl (C=O) groups excluding carboxylic acids is 1. The van der Waals surface area contributed by atoms with E-state index in [4.69, 9.17) is 9.47 Å². The van der Waals surface area contributed by atoms with Crippen molar-refractivity contribution in [3.63, 3.8) is 0 Å². The molecule has 1 atom stereocenters. The number of hydrogen-bond donors (Lipinski definition) is 0. The molecule has 0 bridgehead atoms. The highest BCUT2D eigenvalue weighted by Crippen LogP contribution is 2.19. The number of aryl methyl sites for hydroxylation is 1. The molecule has 1 amide bonds. The van der Waals surface area contributed by atoms with Gasteiger partial charge in [0, 0.05) is 32.5 Å². The Bertz CT molecular complexity index is 678. The Morgan fingerprint density at radius 1 is 1.48 bits per heavy atom. The summed E-state index contributed by atoms with van der Waals surface area (Å²) in [5.41, 5.74) is 1.06. The van der Waals surface area contributed by atoms with Gasteiger partial charge >= 0.3 is 0 Å².